The van der Waals surface area contributed by atoms with Gasteiger partial charge < -0.3 is 14.6 Å². The summed E-state index contributed by atoms with van der Waals surface area (Å²) in [5.41, 5.74) is 1.18. The highest BCUT2D eigenvalue weighted by atomic mass is 35.5. The third-order valence-corrected chi connectivity index (χ3v) is 5.26. The Morgan fingerprint density at radius 3 is 2.73 bits per heavy atom. The van der Waals surface area contributed by atoms with Gasteiger partial charge in [-0.1, -0.05) is 18.2 Å². The average molecular weight is 430 g/mol. The Bertz CT molecular complexity index is 956. The standard InChI is InChI=1S/C23H24FN3O2.ClH/c24-20-9-2-1-8-19(20)21-10-11-22(29-21)23(28)27(16-17-6-3-4-14-26-17)18-7-5-13-25-15-12-18;/h1-4,6,8-11,14,18,25H,5,7,12-13,15-16H2;1H. The van der Waals surface area contributed by atoms with Crippen molar-refractivity contribution >= 4 is 18.3 Å². The Morgan fingerprint density at radius 1 is 1.10 bits per heavy atom. The summed E-state index contributed by atoms with van der Waals surface area (Å²) < 4.78 is 19.9. The molecule has 158 valence electrons. The first-order chi connectivity index (χ1) is 14.2. The highest BCUT2D eigenvalue weighted by Gasteiger charge is 2.28. The number of benzene rings is 1. The Balaban J connectivity index is 0.00000256. The minimum atomic E-state index is -0.374. The molecule has 0 bridgehead atoms. The minimum absolute atomic E-state index is 0. The van der Waals surface area contributed by atoms with Crippen LogP contribution in [0.15, 0.2) is 65.2 Å². The van der Waals surface area contributed by atoms with E-state index >= 15 is 0 Å². The van der Waals surface area contributed by atoms with Crippen LogP contribution in [0.4, 0.5) is 4.39 Å². The maximum atomic E-state index is 14.1. The van der Waals surface area contributed by atoms with Crippen LogP contribution in [0.3, 0.4) is 0 Å². The van der Waals surface area contributed by atoms with Crippen molar-refractivity contribution in [2.45, 2.75) is 31.8 Å². The number of nitrogens with zero attached hydrogens (tertiary/aromatic N) is 2. The van der Waals surface area contributed by atoms with Crippen molar-refractivity contribution in [1.82, 2.24) is 15.2 Å². The second-order valence-electron chi connectivity index (χ2n) is 7.23. The zero-order chi connectivity index (χ0) is 20.1. The van der Waals surface area contributed by atoms with Crippen LogP contribution in [0.25, 0.3) is 11.3 Å². The Labute approximate surface area is 181 Å². The van der Waals surface area contributed by atoms with Crippen molar-refractivity contribution in [2.24, 2.45) is 0 Å². The first-order valence-electron chi connectivity index (χ1n) is 9.99. The van der Waals surface area contributed by atoms with Gasteiger partial charge in [-0.25, -0.2) is 4.39 Å². The molecule has 0 saturated carbocycles. The van der Waals surface area contributed by atoms with Crippen molar-refractivity contribution in [3.8, 4) is 11.3 Å². The predicted molar refractivity (Wildman–Crippen MR) is 116 cm³/mol. The van der Waals surface area contributed by atoms with E-state index in [1.165, 1.54) is 6.07 Å². The quantitative estimate of drug-likeness (QED) is 0.639. The van der Waals surface area contributed by atoms with Crippen LogP contribution in [0, 0.1) is 5.82 Å². The SMILES string of the molecule is Cl.O=C(c1ccc(-c2ccccc2F)o1)N(Cc1ccccn1)C1CCCNCC1. The zero-order valence-corrected chi connectivity index (χ0v) is 17.4. The summed E-state index contributed by atoms with van der Waals surface area (Å²) in [6.07, 6.45) is 4.54. The second kappa shape index (κ2) is 10.4. The third-order valence-electron chi connectivity index (χ3n) is 5.26. The molecule has 3 aromatic rings. The van der Waals surface area contributed by atoms with Gasteiger partial charge in [-0.2, -0.15) is 0 Å². The van der Waals surface area contributed by atoms with Gasteiger partial charge in [0.15, 0.2) is 5.76 Å². The van der Waals surface area contributed by atoms with Crippen molar-refractivity contribution in [2.75, 3.05) is 13.1 Å². The van der Waals surface area contributed by atoms with Gasteiger partial charge in [0.25, 0.3) is 5.91 Å². The first-order valence-corrected chi connectivity index (χ1v) is 9.99. The van der Waals surface area contributed by atoms with Crippen molar-refractivity contribution in [1.29, 1.82) is 0 Å². The molecule has 1 unspecified atom stereocenters. The average Bonchev–Trinajstić information content (AvgIpc) is 3.08. The van der Waals surface area contributed by atoms with E-state index in [4.69, 9.17) is 4.42 Å². The summed E-state index contributed by atoms with van der Waals surface area (Å²) in [5.74, 6) is 0.00864. The van der Waals surface area contributed by atoms with E-state index in [0.29, 0.717) is 17.9 Å². The van der Waals surface area contributed by atoms with Gasteiger partial charge in [-0.05, 0) is 68.8 Å². The molecule has 1 N–H and O–H groups in total. The largest absolute Gasteiger partial charge is 0.451 e. The first kappa shape index (κ1) is 22.0. The van der Waals surface area contributed by atoms with E-state index in [1.54, 1.807) is 36.5 Å². The fourth-order valence-electron chi connectivity index (χ4n) is 3.75. The summed E-state index contributed by atoms with van der Waals surface area (Å²) in [6, 6.07) is 15.5. The van der Waals surface area contributed by atoms with Gasteiger partial charge >= 0.3 is 0 Å². The number of halogens is 2. The van der Waals surface area contributed by atoms with Gasteiger partial charge in [0.05, 0.1) is 17.8 Å². The molecule has 4 rings (SSSR count). The summed E-state index contributed by atoms with van der Waals surface area (Å²) in [6.45, 7) is 2.25. The van der Waals surface area contributed by atoms with Crippen molar-refractivity contribution in [3.63, 3.8) is 0 Å². The number of carbonyl (C=O) groups excluding carboxylic acids is 1. The van der Waals surface area contributed by atoms with Crippen molar-refractivity contribution < 1.29 is 13.6 Å². The van der Waals surface area contributed by atoms with Crippen LogP contribution in [0.1, 0.15) is 35.5 Å². The van der Waals surface area contributed by atoms with Gasteiger partial charge in [0.1, 0.15) is 11.6 Å². The van der Waals surface area contributed by atoms with Crippen LogP contribution < -0.4 is 5.32 Å². The lowest BCUT2D eigenvalue weighted by atomic mass is 10.1. The molecule has 1 atom stereocenters. The van der Waals surface area contributed by atoms with Crippen LogP contribution in [0.5, 0.6) is 0 Å². The van der Waals surface area contributed by atoms with Gasteiger partial charge in [0, 0.05) is 12.2 Å². The van der Waals surface area contributed by atoms with Crippen LogP contribution >= 0.6 is 12.4 Å². The zero-order valence-electron chi connectivity index (χ0n) is 16.6. The van der Waals surface area contributed by atoms with Crippen molar-refractivity contribution in [3.05, 3.63) is 78.1 Å². The third kappa shape index (κ3) is 5.07. The summed E-state index contributed by atoms with van der Waals surface area (Å²) in [7, 11) is 0. The number of hydrogen-bond donors (Lipinski definition) is 1. The summed E-state index contributed by atoms with van der Waals surface area (Å²) in [4.78, 5) is 19.6. The topological polar surface area (TPSA) is 58.4 Å². The van der Waals surface area contributed by atoms with E-state index in [1.807, 2.05) is 23.1 Å². The number of carbonyl (C=O) groups is 1. The van der Waals surface area contributed by atoms with E-state index in [9.17, 15) is 9.18 Å². The summed E-state index contributed by atoms with van der Waals surface area (Å²) >= 11 is 0. The molecule has 1 amide bonds. The Hall–Kier alpha value is -2.70. The molecule has 0 aliphatic carbocycles. The maximum Gasteiger partial charge on any atom is 0.290 e. The van der Waals surface area contributed by atoms with E-state index < -0.39 is 0 Å². The predicted octanol–water partition coefficient (Wildman–Crippen LogP) is 4.69. The van der Waals surface area contributed by atoms with Gasteiger partial charge in [-0.15, -0.1) is 12.4 Å². The number of furan rings is 1. The van der Waals surface area contributed by atoms with Gasteiger partial charge in [0.2, 0.25) is 0 Å². The molecule has 1 aliphatic rings. The molecule has 5 nitrogen and oxygen atoms in total. The molecule has 0 spiro atoms. The molecular weight excluding hydrogens is 405 g/mol. The van der Waals surface area contributed by atoms with E-state index in [-0.39, 0.29) is 35.9 Å². The number of rotatable bonds is 5. The lowest BCUT2D eigenvalue weighted by Gasteiger charge is -2.30. The molecule has 1 aliphatic heterocycles. The highest BCUT2D eigenvalue weighted by Crippen LogP contribution is 2.27. The van der Waals surface area contributed by atoms with Crippen LogP contribution in [-0.2, 0) is 6.54 Å². The summed E-state index contributed by atoms with van der Waals surface area (Å²) in [5, 5.41) is 3.39. The second-order valence-corrected chi connectivity index (χ2v) is 7.23. The highest BCUT2D eigenvalue weighted by molar-refractivity contribution is 5.92. The molecule has 3 heterocycles. The molecular formula is C23H25ClFN3O2. The minimum Gasteiger partial charge on any atom is -0.451 e. The maximum absolute atomic E-state index is 14.1. The van der Waals surface area contributed by atoms with Gasteiger partial charge in [-0.3, -0.25) is 9.78 Å². The molecule has 0 radical (unpaired) electrons. The monoisotopic (exact) mass is 429 g/mol. The molecule has 1 aromatic carbocycles. The van der Waals surface area contributed by atoms with E-state index in [2.05, 4.69) is 10.3 Å². The number of pyridine rings is 1. The number of hydrogen-bond acceptors (Lipinski definition) is 4. The number of nitrogens with one attached hydrogen (secondary N) is 1. The molecule has 30 heavy (non-hydrogen) atoms. The van der Waals surface area contributed by atoms with Crippen LogP contribution in [-0.4, -0.2) is 34.9 Å². The number of aromatic nitrogens is 1. The fourth-order valence-corrected chi connectivity index (χ4v) is 3.75. The molecule has 7 heteroatoms. The smallest absolute Gasteiger partial charge is 0.290 e. The Kier molecular flexibility index (Phi) is 7.60. The number of amides is 1. The normalized spacial score (nSPS) is 16.4. The molecule has 2 aromatic heterocycles. The van der Waals surface area contributed by atoms with Crippen LogP contribution in [0.2, 0.25) is 0 Å². The molecule has 1 saturated heterocycles. The van der Waals surface area contributed by atoms with E-state index in [0.717, 1.165) is 38.0 Å². The lowest BCUT2D eigenvalue weighted by Crippen LogP contribution is -2.40. The lowest BCUT2D eigenvalue weighted by molar-refractivity contribution is 0.0610. The fraction of sp³-hybridized carbons (Fsp3) is 0.304. The molecule has 1 fully saturated rings. The Morgan fingerprint density at radius 2 is 1.93 bits per heavy atom.